The Bertz CT molecular complexity index is 550. The number of hydrogen-bond donors (Lipinski definition) is 2. The summed E-state index contributed by atoms with van der Waals surface area (Å²) in [4.78, 5) is 23.8. The highest BCUT2D eigenvalue weighted by Crippen LogP contribution is 2.31. The van der Waals surface area contributed by atoms with Gasteiger partial charge >= 0.3 is 0 Å². The lowest BCUT2D eigenvalue weighted by atomic mass is 9.84. The van der Waals surface area contributed by atoms with E-state index in [1.807, 2.05) is 12.1 Å². The Labute approximate surface area is 117 Å². The van der Waals surface area contributed by atoms with Crippen LogP contribution in [0, 0.1) is 0 Å². The number of benzene rings is 1. The van der Waals surface area contributed by atoms with Gasteiger partial charge in [0.05, 0.1) is 24.3 Å². The SMILES string of the molecule is CCC(c1cccc2c1C(=O)NC2=O)C1COCCN1. The zero-order chi connectivity index (χ0) is 14.1. The molecule has 0 radical (unpaired) electrons. The van der Waals surface area contributed by atoms with E-state index in [0.29, 0.717) is 17.7 Å². The van der Waals surface area contributed by atoms with Gasteiger partial charge in [-0.15, -0.1) is 0 Å². The number of hydrogen-bond acceptors (Lipinski definition) is 4. The van der Waals surface area contributed by atoms with Crippen molar-refractivity contribution in [1.29, 1.82) is 0 Å². The Kier molecular flexibility index (Phi) is 3.54. The van der Waals surface area contributed by atoms with Crippen LogP contribution < -0.4 is 10.6 Å². The molecule has 3 rings (SSSR count). The zero-order valence-electron chi connectivity index (χ0n) is 11.4. The first kappa shape index (κ1) is 13.3. The van der Waals surface area contributed by atoms with Crippen LogP contribution in [0.3, 0.4) is 0 Å². The van der Waals surface area contributed by atoms with Gasteiger partial charge in [-0.05, 0) is 18.1 Å². The van der Waals surface area contributed by atoms with Gasteiger partial charge in [0.15, 0.2) is 0 Å². The first-order valence-corrected chi connectivity index (χ1v) is 7.02. The molecule has 20 heavy (non-hydrogen) atoms. The largest absolute Gasteiger partial charge is 0.378 e. The summed E-state index contributed by atoms with van der Waals surface area (Å²) < 4.78 is 5.52. The van der Waals surface area contributed by atoms with Crippen LogP contribution in [0.15, 0.2) is 18.2 Å². The number of rotatable bonds is 3. The summed E-state index contributed by atoms with van der Waals surface area (Å²) in [5, 5.41) is 5.82. The van der Waals surface area contributed by atoms with Crippen molar-refractivity contribution < 1.29 is 14.3 Å². The van der Waals surface area contributed by atoms with Crippen molar-refractivity contribution >= 4 is 11.8 Å². The molecule has 0 spiro atoms. The van der Waals surface area contributed by atoms with Gasteiger partial charge in [0, 0.05) is 18.5 Å². The molecule has 1 fully saturated rings. The van der Waals surface area contributed by atoms with Gasteiger partial charge in [-0.1, -0.05) is 19.1 Å². The number of nitrogens with one attached hydrogen (secondary N) is 2. The molecule has 2 aliphatic heterocycles. The maximum absolute atomic E-state index is 12.0. The lowest BCUT2D eigenvalue weighted by Gasteiger charge is -2.31. The summed E-state index contributed by atoms with van der Waals surface area (Å²) in [6.45, 7) is 4.27. The molecule has 0 bridgehead atoms. The molecule has 2 N–H and O–H groups in total. The van der Waals surface area contributed by atoms with E-state index in [9.17, 15) is 9.59 Å². The molecule has 1 saturated heterocycles. The summed E-state index contributed by atoms with van der Waals surface area (Å²) in [7, 11) is 0. The highest BCUT2D eigenvalue weighted by Gasteiger charge is 2.34. The Morgan fingerprint density at radius 3 is 2.90 bits per heavy atom. The quantitative estimate of drug-likeness (QED) is 0.809. The third-order valence-electron chi connectivity index (χ3n) is 4.07. The zero-order valence-corrected chi connectivity index (χ0v) is 11.4. The fraction of sp³-hybridized carbons (Fsp3) is 0.467. The summed E-state index contributed by atoms with van der Waals surface area (Å²) in [6, 6.07) is 5.68. The first-order chi connectivity index (χ1) is 9.72. The van der Waals surface area contributed by atoms with E-state index in [1.165, 1.54) is 0 Å². The van der Waals surface area contributed by atoms with E-state index in [0.717, 1.165) is 25.1 Å². The Morgan fingerprint density at radius 1 is 1.35 bits per heavy atom. The van der Waals surface area contributed by atoms with Crippen LogP contribution in [0.2, 0.25) is 0 Å². The lowest BCUT2D eigenvalue weighted by Crippen LogP contribution is -2.45. The van der Waals surface area contributed by atoms with Crippen molar-refractivity contribution in [2.24, 2.45) is 0 Å². The molecular weight excluding hydrogens is 256 g/mol. The van der Waals surface area contributed by atoms with Crippen molar-refractivity contribution in [3.8, 4) is 0 Å². The maximum Gasteiger partial charge on any atom is 0.259 e. The number of ether oxygens (including phenoxy) is 1. The molecule has 106 valence electrons. The van der Waals surface area contributed by atoms with Crippen LogP contribution in [0.25, 0.3) is 0 Å². The van der Waals surface area contributed by atoms with E-state index in [4.69, 9.17) is 4.74 Å². The number of morpholine rings is 1. The van der Waals surface area contributed by atoms with Gasteiger partial charge in [-0.3, -0.25) is 14.9 Å². The Balaban J connectivity index is 2.00. The molecule has 1 aromatic carbocycles. The standard InChI is InChI=1S/C15H18N2O3/c1-2-9(12-8-20-7-6-16-12)10-4-3-5-11-13(10)15(19)17-14(11)18/h3-5,9,12,16H,2,6-8H2,1H3,(H,17,18,19). The summed E-state index contributed by atoms with van der Waals surface area (Å²) in [5.41, 5.74) is 1.97. The van der Waals surface area contributed by atoms with Gasteiger partial charge < -0.3 is 10.1 Å². The fourth-order valence-corrected chi connectivity index (χ4v) is 3.12. The minimum atomic E-state index is -0.297. The Morgan fingerprint density at radius 2 is 2.20 bits per heavy atom. The predicted molar refractivity (Wildman–Crippen MR) is 73.9 cm³/mol. The van der Waals surface area contributed by atoms with E-state index in [2.05, 4.69) is 17.6 Å². The molecule has 2 unspecified atom stereocenters. The summed E-state index contributed by atoms with van der Waals surface area (Å²) >= 11 is 0. The van der Waals surface area contributed by atoms with Crippen molar-refractivity contribution in [3.63, 3.8) is 0 Å². The molecule has 0 aliphatic carbocycles. The van der Waals surface area contributed by atoms with E-state index < -0.39 is 0 Å². The number of fused-ring (bicyclic) bond motifs is 1. The van der Waals surface area contributed by atoms with Crippen LogP contribution in [-0.4, -0.2) is 37.6 Å². The molecule has 2 atom stereocenters. The highest BCUT2D eigenvalue weighted by molar-refractivity contribution is 6.22. The van der Waals surface area contributed by atoms with Crippen LogP contribution in [0.4, 0.5) is 0 Å². The number of carbonyl (C=O) groups excluding carboxylic acids is 2. The third-order valence-corrected chi connectivity index (χ3v) is 4.07. The maximum atomic E-state index is 12.0. The topological polar surface area (TPSA) is 67.4 Å². The fourth-order valence-electron chi connectivity index (χ4n) is 3.12. The average Bonchev–Trinajstić information content (AvgIpc) is 2.77. The van der Waals surface area contributed by atoms with Gasteiger partial charge in [0.25, 0.3) is 11.8 Å². The van der Waals surface area contributed by atoms with E-state index in [1.54, 1.807) is 6.07 Å². The third kappa shape index (κ3) is 2.13. The van der Waals surface area contributed by atoms with Gasteiger partial charge in [0.2, 0.25) is 0 Å². The van der Waals surface area contributed by atoms with E-state index >= 15 is 0 Å². The smallest absolute Gasteiger partial charge is 0.259 e. The number of imide groups is 1. The molecule has 5 heteroatoms. The second kappa shape index (κ2) is 5.34. The van der Waals surface area contributed by atoms with Gasteiger partial charge in [-0.25, -0.2) is 0 Å². The molecule has 0 saturated carbocycles. The van der Waals surface area contributed by atoms with Crippen molar-refractivity contribution in [3.05, 3.63) is 34.9 Å². The highest BCUT2D eigenvalue weighted by atomic mass is 16.5. The minimum absolute atomic E-state index is 0.168. The van der Waals surface area contributed by atoms with Gasteiger partial charge in [0.1, 0.15) is 0 Å². The molecule has 2 aliphatic rings. The molecule has 5 nitrogen and oxygen atoms in total. The molecular formula is C15H18N2O3. The molecule has 1 aromatic rings. The van der Waals surface area contributed by atoms with Crippen molar-refractivity contribution in [1.82, 2.24) is 10.6 Å². The first-order valence-electron chi connectivity index (χ1n) is 7.02. The van der Waals surface area contributed by atoms with Gasteiger partial charge in [-0.2, -0.15) is 0 Å². The normalized spacial score (nSPS) is 23.4. The second-order valence-corrected chi connectivity index (χ2v) is 5.20. The van der Waals surface area contributed by atoms with Crippen LogP contribution >= 0.6 is 0 Å². The molecule has 2 amide bonds. The van der Waals surface area contributed by atoms with Crippen LogP contribution in [0.5, 0.6) is 0 Å². The number of carbonyl (C=O) groups is 2. The monoisotopic (exact) mass is 274 g/mol. The summed E-state index contributed by atoms with van der Waals surface area (Å²) in [6.07, 6.45) is 0.888. The summed E-state index contributed by atoms with van der Waals surface area (Å²) in [5.74, 6) is -0.410. The average molecular weight is 274 g/mol. The van der Waals surface area contributed by atoms with Crippen molar-refractivity contribution in [2.45, 2.75) is 25.3 Å². The molecule has 0 aromatic heterocycles. The lowest BCUT2D eigenvalue weighted by molar-refractivity contribution is 0.0671. The molecule has 2 heterocycles. The Hall–Kier alpha value is -1.72. The van der Waals surface area contributed by atoms with Crippen molar-refractivity contribution in [2.75, 3.05) is 19.8 Å². The van der Waals surface area contributed by atoms with Crippen LogP contribution in [-0.2, 0) is 4.74 Å². The number of amides is 2. The predicted octanol–water partition coefficient (Wildman–Crippen LogP) is 1.05. The van der Waals surface area contributed by atoms with E-state index in [-0.39, 0.29) is 23.8 Å². The minimum Gasteiger partial charge on any atom is -0.378 e. The second-order valence-electron chi connectivity index (χ2n) is 5.20. The van der Waals surface area contributed by atoms with Crippen LogP contribution in [0.1, 0.15) is 45.5 Å².